The van der Waals surface area contributed by atoms with Crippen LogP contribution in [-0.2, 0) is 4.79 Å². The van der Waals surface area contributed by atoms with Crippen molar-refractivity contribution in [3.63, 3.8) is 0 Å². The summed E-state index contributed by atoms with van der Waals surface area (Å²) < 4.78 is 0. The molecule has 1 heterocycles. The summed E-state index contributed by atoms with van der Waals surface area (Å²) in [5.74, 6) is 0.155. The van der Waals surface area contributed by atoms with Crippen LogP contribution in [0, 0.1) is 0 Å². The van der Waals surface area contributed by atoms with Gasteiger partial charge in [-0.2, -0.15) is 0 Å². The largest absolute Gasteiger partial charge is 0.321 e. The molecule has 1 aromatic carbocycles. The van der Waals surface area contributed by atoms with Crippen molar-refractivity contribution in [3.8, 4) is 0 Å². The number of rotatable bonds is 6. The minimum Gasteiger partial charge on any atom is -0.321 e. The number of carbonyl (C=O) groups is 1. The number of nitrogens with zero attached hydrogens (tertiary/aromatic N) is 2. The second-order valence-corrected chi connectivity index (χ2v) is 5.39. The molecule has 1 amide bonds. The molecule has 1 saturated heterocycles. The Morgan fingerprint density at radius 1 is 1.40 bits per heavy atom. The molecule has 1 unspecified atom stereocenters. The molecule has 1 aliphatic heterocycles. The molecule has 0 aliphatic carbocycles. The standard InChI is InChI=1S/C15H22ClN3O/c1-3-18(4-2)8-9-19-14(20)11-17-15(19)12-6-5-7-13(16)10-12/h5-7,10,15,17H,3-4,8-9,11H2,1-2H3. The highest BCUT2D eigenvalue weighted by Crippen LogP contribution is 2.24. The van der Waals surface area contributed by atoms with Crippen LogP contribution in [0.4, 0.5) is 0 Å². The number of benzene rings is 1. The predicted octanol–water partition coefficient (Wildman–Crippen LogP) is 2.11. The number of hydrogen-bond donors (Lipinski definition) is 1. The Balaban J connectivity index is 2.06. The van der Waals surface area contributed by atoms with Gasteiger partial charge < -0.3 is 9.80 Å². The molecular formula is C15H22ClN3O. The summed E-state index contributed by atoms with van der Waals surface area (Å²) in [6.45, 7) is 8.34. The molecular weight excluding hydrogens is 274 g/mol. The third-order valence-electron chi connectivity index (χ3n) is 3.79. The molecule has 5 heteroatoms. The molecule has 1 atom stereocenters. The predicted molar refractivity (Wildman–Crippen MR) is 81.7 cm³/mol. The van der Waals surface area contributed by atoms with Crippen molar-refractivity contribution >= 4 is 17.5 Å². The van der Waals surface area contributed by atoms with Crippen LogP contribution in [0.15, 0.2) is 24.3 Å². The van der Waals surface area contributed by atoms with Crippen LogP contribution >= 0.6 is 11.6 Å². The zero-order valence-corrected chi connectivity index (χ0v) is 12.9. The highest BCUT2D eigenvalue weighted by atomic mass is 35.5. The minimum absolute atomic E-state index is 0.0586. The van der Waals surface area contributed by atoms with E-state index in [0.29, 0.717) is 11.6 Å². The van der Waals surface area contributed by atoms with Gasteiger partial charge in [-0.1, -0.05) is 37.6 Å². The third-order valence-corrected chi connectivity index (χ3v) is 4.03. The Morgan fingerprint density at radius 2 is 2.15 bits per heavy atom. The summed E-state index contributed by atoms with van der Waals surface area (Å²) in [5, 5.41) is 3.96. The summed E-state index contributed by atoms with van der Waals surface area (Å²) in [5.41, 5.74) is 1.04. The second-order valence-electron chi connectivity index (χ2n) is 4.95. The fraction of sp³-hybridized carbons (Fsp3) is 0.533. The van der Waals surface area contributed by atoms with Crippen molar-refractivity contribution in [2.75, 3.05) is 32.7 Å². The quantitative estimate of drug-likeness (QED) is 0.873. The molecule has 0 radical (unpaired) electrons. The van der Waals surface area contributed by atoms with Crippen LogP contribution < -0.4 is 5.32 Å². The smallest absolute Gasteiger partial charge is 0.238 e. The van der Waals surface area contributed by atoms with Crippen LogP contribution in [0.5, 0.6) is 0 Å². The first-order valence-electron chi connectivity index (χ1n) is 7.16. The lowest BCUT2D eigenvalue weighted by molar-refractivity contribution is -0.128. The molecule has 1 N–H and O–H groups in total. The lowest BCUT2D eigenvalue weighted by atomic mass is 10.1. The molecule has 4 nitrogen and oxygen atoms in total. The van der Waals surface area contributed by atoms with Crippen molar-refractivity contribution < 1.29 is 4.79 Å². The van der Waals surface area contributed by atoms with Gasteiger partial charge in [0.1, 0.15) is 6.17 Å². The summed E-state index contributed by atoms with van der Waals surface area (Å²) in [6.07, 6.45) is -0.0586. The van der Waals surface area contributed by atoms with E-state index in [1.165, 1.54) is 0 Å². The number of amides is 1. The van der Waals surface area contributed by atoms with Crippen molar-refractivity contribution in [1.29, 1.82) is 0 Å². The van der Waals surface area contributed by atoms with E-state index in [2.05, 4.69) is 24.1 Å². The third kappa shape index (κ3) is 3.51. The van der Waals surface area contributed by atoms with Crippen LogP contribution in [0.1, 0.15) is 25.6 Å². The Bertz CT molecular complexity index is 462. The van der Waals surface area contributed by atoms with E-state index < -0.39 is 0 Å². The highest BCUT2D eigenvalue weighted by molar-refractivity contribution is 6.30. The first-order valence-corrected chi connectivity index (χ1v) is 7.54. The summed E-state index contributed by atoms with van der Waals surface area (Å²) >= 11 is 6.04. The first kappa shape index (κ1) is 15.3. The average Bonchev–Trinajstić information content (AvgIpc) is 2.81. The number of halogens is 1. The van der Waals surface area contributed by atoms with Gasteiger partial charge >= 0.3 is 0 Å². The van der Waals surface area contributed by atoms with Gasteiger partial charge in [0, 0.05) is 18.1 Å². The van der Waals surface area contributed by atoms with E-state index in [4.69, 9.17) is 11.6 Å². The Kier molecular flexibility index (Phi) is 5.40. The monoisotopic (exact) mass is 295 g/mol. The maximum Gasteiger partial charge on any atom is 0.238 e. The number of carbonyl (C=O) groups excluding carboxylic acids is 1. The Labute approximate surface area is 125 Å². The van der Waals surface area contributed by atoms with Crippen LogP contribution in [0.3, 0.4) is 0 Å². The fourth-order valence-corrected chi connectivity index (χ4v) is 2.76. The van der Waals surface area contributed by atoms with Gasteiger partial charge in [0.05, 0.1) is 6.54 Å². The molecule has 1 aliphatic rings. The van der Waals surface area contributed by atoms with E-state index in [1.54, 1.807) is 0 Å². The van der Waals surface area contributed by atoms with Crippen molar-refractivity contribution in [2.45, 2.75) is 20.0 Å². The Morgan fingerprint density at radius 3 is 2.80 bits per heavy atom. The topological polar surface area (TPSA) is 35.6 Å². The van der Waals surface area contributed by atoms with Crippen molar-refractivity contribution in [1.82, 2.24) is 15.1 Å². The lowest BCUT2D eigenvalue weighted by Gasteiger charge is -2.27. The summed E-state index contributed by atoms with van der Waals surface area (Å²) in [6, 6.07) is 7.70. The summed E-state index contributed by atoms with van der Waals surface area (Å²) in [7, 11) is 0. The SMILES string of the molecule is CCN(CC)CCN1C(=O)CNC1c1cccc(Cl)c1. The molecule has 1 aromatic rings. The van der Waals surface area contributed by atoms with Gasteiger partial charge in [0.15, 0.2) is 0 Å². The zero-order chi connectivity index (χ0) is 14.5. The maximum absolute atomic E-state index is 12.0. The fourth-order valence-electron chi connectivity index (χ4n) is 2.56. The van der Waals surface area contributed by atoms with E-state index in [0.717, 1.165) is 31.7 Å². The van der Waals surface area contributed by atoms with E-state index in [1.807, 2.05) is 29.2 Å². The molecule has 0 bridgehead atoms. The van der Waals surface area contributed by atoms with Crippen molar-refractivity contribution in [2.24, 2.45) is 0 Å². The molecule has 20 heavy (non-hydrogen) atoms. The molecule has 110 valence electrons. The molecule has 2 rings (SSSR count). The molecule has 1 fully saturated rings. The minimum atomic E-state index is -0.0586. The maximum atomic E-state index is 12.0. The van der Waals surface area contributed by atoms with Gasteiger partial charge in [-0.3, -0.25) is 10.1 Å². The molecule has 0 saturated carbocycles. The van der Waals surface area contributed by atoms with Gasteiger partial charge in [0.25, 0.3) is 0 Å². The Hall–Kier alpha value is -1.10. The van der Waals surface area contributed by atoms with Gasteiger partial charge in [-0.25, -0.2) is 0 Å². The zero-order valence-electron chi connectivity index (χ0n) is 12.1. The van der Waals surface area contributed by atoms with E-state index in [9.17, 15) is 4.79 Å². The number of hydrogen-bond acceptors (Lipinski definition) is 3. The van der Waals surface area contributed by atoms with Crippen LogP contribution in [0.25, 0.3) is 0 Å². The summed E-state index contributed by atoms with van der Waals surface area (Å²) in [4.78, 5) is 16.3. The number of likely N-dealkylation sites (N-methyl/N-ethyl adjacent to an activating group) is 1. The highest BCUT2D eigenvalue weighted by Gasteiger charge is 2.31. The van der Waals surface area contributed by atoms with E-state index >= 15 is 0 Å². The normalized spacial score (nSPS) is 19.1. The van der Waals surface area contributed by atoms with Gasteiger partial charge in [-0.05, 0) is 30.8 Å². The first-order chi connectivity index (χ1) is 9.65. The van der Waals surface area contributed by atoms with Gasteiger partial charge in [-0.15, -0.1) is 0 Å². The molecule has 0 spiro atoms. The molecule has 0 aromatic heterocycles. The van der Waals surface area contributed by atoms with Crippen LogP contribution in [0.2, 0.25) is 5.02 Å². The van der Waals surface area contributed by atoms with Gasteiger partial charge in [0.2, 0.25) is 5.91 Å². The van der Waals surface area contributed by atoms with E-state index in [-0.39, 0.29) is 12.1 Å². The van der Waals surface area contributed by atoms with Crippen molar-refractivity contribution in [3.05, 3.63) is 34.9 Å². The van der Waals surface area contributed by atoms with Crippen LogP contribution in [-0.4, -0.2) is 48.4 Å². The average molecular weight is 296 g/mol. The second kappa shape index (κ2) is 7.07. The lowest BCUT2D eigenvalue weighted by Crippen LogP contribution is -2.38. The number of nitrogens with one attached hydrogen (secondary N) is 1.